The molecule has 1 heterocycles. The van der Waals surface area contributed by atoms with Gasteiger partial charge < -0.3 is 14.4 Å². The van der Waals surface area contributed by atoms with Crippen LogP contribution in [0.1, 0.15) is 35.0 Å². The Morgan fingerprint density at radius 2 is 1.72 bits per heavy atom. The van der Waals surface area contributed by atoms with Crippen LogP contribution in [0.2, 0.25) is 10.0 Å². The van der Waals surface area contributed by atoms with Crippen LogP contribution in [0.15, 0.2) is 72.8 Å². The maximum Gasteiger partial charge on any atom is 0.255 e. The number of hydrogen-bond acceptors (Lipinski definition) is 4. The Bertz CT molecular complexity index is 1350. The monoisotopic (exact) mass is 523 g/mol. The molecule has 0 saturated heterocycles. The molecule has 0 aliphatic heterocycles. The van der Waals surface area contributed by atoms with Crippen LogP contribution < -0.4 is 9.47 Å². The molecule has 0 fully saturated rings. The smallest absolute Gasteiger partial charge is 0.255 e. The fourth-order valence-corrected chi connectivity index (χ4v) is 4.28. The number of methoxy groups -OCH3 is 1. The summed E-state index contributed by atoms with van der Waals surface area (Å²) in [4.78, 5) is 15.2. The number of aryl methyl sites for hydroxylation is 1. The number of hydrogen-bond donors (Lipinski definition) is 0. The summed E-state index contributed by atoms with van der Waals surface area (Å²) in [7, 11) is 1.61. The van der Waals surface area contributed by atoms with Crippen molar-refractivity contribution in [3.05, 3.63) is 99.7 Å². The van der Waals surface area contributed by atoms with Gasteiger partial charge in [0, 0.05) is 11.6 Å². The van der Waals surface area contributed by atoms with Crippen LogP contribution in [-0.2, 0) is 6.54 Å². The van der Waals surface area contributed by atoms with E-state index in [1.807, 2.05) is 68.4 Å². The second-order valence-corrected chi connectivity index (χ2v) is 9.09. The first-order valence-corrected chi connectivity index (χ1v) is 12.4. The lowest BCUT2D eigenvalue weighted by Gasteiger charge is -2.23. The lowest BCUT2D eigenvalue weighted by Crippen LogP contribution is -2.31. The molecule has 0 unspecified atom stereocenters. The van der Waals surface area contributed by atoms with Crippen molar-refractivity contribution in [1.82, 2.24) is 14.7 Å². The molecule has 186 valence electrons. The Balaban J connectivity index is 1.77. The fourth-order valence-electron chi connectivity index (χ4n) is 3.88. The maximum atomic E-state index is 13.5. The van der Waals surface area contributed by atoms with E-state index in [1.54, 1.807) is 34.9 Å². The third kappa shape index (κ3) is 5.66. The van der Waals surface area contributed by atoms with Crippen molar-refractivity contribution in [2.24, 2.45) is 0 Å². The first-order chi connectivity index (χ1) is 17.4. The van der Waals surface area contributed by atoms with E-state index in [-0.39, 0.29) is 5.91 Å². The standard InChI is InChI=1S/C28H27Cl2N3O3/c1-4-16-32(27(34)24-10-5-6-11-26(24)30)18-25-19(2)31-33(21-9-7-8-20(29)17-21)28(25)36-23-14-12-22(35-3)13-15-23/h5-15,17H,4,16,18H2,1-3H3. The molecule has 0 aliphatic carbocycles. The van der Waals surface area contributed by atoms with Gasteiger partial charge >= 0.3 is 0 Å². The SMILES string of the molecule is CCCN(Cc1c(C)nn(-c2cccc(Cl)c2)c1Oc1ccc(OC)cc1)C(=O)c1ccccc1Cl. The van der Waals surface area contributed by atoms with E-state index >= 15 is 0 Å². The normalized spacial score (nSPS) is 10.8. The summed E-state index contributed by atoms with van der Waals surface area (Å²) in [5.41, 5.74) is 2.75. The number of carbonyl (C=O) groups is 1. The minimum Gasteiger partial charge on any atom is -0.497 e. The maximum absolute atomic E-state index is 13.5. The quantitative estimate of drug-likeness (QED) is 0.230. The van der Waals surface area contributed by atoms with Gasteiger partial charge in [0.25, 0.3) is 5.91 Å². The summed E-state index contributed by atoms with van der Waals surface area (Å²) >= 11 is 12.6. The van der Waals surface area contributed by atoms with E-state index in [0.29, 0.717) is 40.3 Å². The molecule has 0 atom stereocenters. The van der Waals surface area contributed by atoms with Crippen LogP contribution in [0.5, 0.6) is 17.4 Å². The van der Waals surface area contributed by atoms with E-state index in [4.69, 9.17) is 37.8 Å². The topological polar surface area (TPSA) is 56.6 Å². The minimum absolute atomic E-state index is 0.146. The first kappa shape index (κ1) is 25.6. The predicted octanol–water partition coefficient (Wildman–Crippen LogP) is 7.34. The highest BCUT2D eigenvalue weighted by molar-refractivity contribution is 6.33. The number of aromatic nitrogens is 2. The second kappa shape index (κ2) is 11.5. The third-order valence-electron chi connectivity index (χ3n) is 5.70. The lowest BCUT2D eigenvalue weighted by molar-refractivity contribution is 0.0742. The highest BCUT2D eigenvalue weighted by Gasteiger charge is 2.25. The zero-order chi connectivity index (χ0) is 25.7. The Morgan fingerprint density at radius 3 is 2.39 bits per heavy atom. The molecule has 6 nitrogen and oxygen atoms in total. The van der Waals surface area contributed by atoms with Crippen LogP contribution >= 0.6 is 23.2 Å². The molecule has 1 amide bonds. The van der Waals surface area contributed by atoms with Crippen LogP contribution in [0.4, 0.5) is 0 Å². The van der Waals surface area contributed by atoms with Crippen LogP contribution in [-0.4, -0.2) is 34.2 Å². The van der Waals surface area contributed by atoms with Crippen LogP contribution in [0, 0.1) is 6.92 Å². The number of ether oxygens (including phenoxy) is 2. The van der Waals surface area contributed by atoms with Gasteiger partial charge in [-0.3, -0.25) is 4.79 Å². The fraction of sp³-hybridized carbons (Fsp3) is 0.214. The van der Waals surface area contributed by atoms with Crippen molar-refractivity contribution in [2.45, 2.75) is 26.8 Å². The highest BCUT2D eigenvalue weighted by Crippen LogP contribution is 2.33. The van der Waals surface area contributed by atoms with Crippen molar-refractivity contribution in [3.8, 4) is 23.1 Å². The molecule has 0 N–H and O–H groups in total. The summed E-state index contributed by atoms with van der Waals surface area (Å²) < 4.78 is 13.4. The third-order valence-corrected chi connectivity index (χ3v) is 6.26. The number of nitrogens with zero attached hydrogens (tertiary/aromatic N) is 3. The minimum atomic E-state index is -0.146. The van der Waals surface area contributed by atoms with Gasteiger partial charge in [0.1, 0.15) is 11.5 Å². The van der Waals surface area contributed by atoms with Gasteiger partial charge in [-0.25, -0.2) is 4.68 Å². The predicted molar refractivity (Wildman–Crippen MR) is 143 cm³/mol. The molecule has 0 spiro atoms. The molecule has 36 heavy (non-hydrogen) atoms. The van der Waals surface area contributed by atoms with Gasteiger partial charge in [-0.05, 0) is 67.9 Å². The average molecular weight is 524 g/mol. The van der Waals surface area contributed by atoms with Gasteiger partial charge in [-0.15, -0.1) is 0 Å². The number of halogens is 2. The summed E-state index contributed by atoms with van der Waals surface area (Å²) in [6.45, 7) is 4.79. The zero-order valence-electron chi connectivity index (χ0n) is 20.4. The summed E-state index contributed by atoms with van der Waals surface area (Å²) in [5.74, 6) is 1.70. The lowest BCUT2D eigenvalue weighted by atomic mass is 10.1. The summed E-state index contributed by atoms with van der Waals surface area (Å²) in [6, 6.07) is 21.8. The number of amides is 1. The summed E-state index contributed by atoms with van der Waals surface area (Å²) in [6.07, 6.45) is 0.784. The molecule has 0 saturated carbocycles. The molecular formula is C28H27Cl2N3O3. The van der Waals surface area contributed by atoms with E-state index in [1.165, 1.54) is 0 Å². The molecule has 0 radical (unpaired) electrons. The van der Waals surface area contributed by atoms with Crippen molar-refractivity contribution >= 4 is 29.1 Å². The molecular weight excluding hydrogens is 497 g/mol. The van der Waals surface area contributed by atoms with E-state index in [0.717, 1.165) is 29.1 Å². The zero-order valence-corrected chi connectivity index (χ0v) is 21.9. The second-order valence-electron chi connectivity index (χ2n) is 8.24. The van der Waals surface area contributed by atoms with Gasteiger partial charge in [0.05, 0.1) is 41.2 Å². The van der Waals surface area contributed by atoms with E-state index in [9.17, 15) is 4.79 Å². The van der Waals surface area contributed by atoms with Crippen LogP contribution in [0.25, 0.3) is 5.69 Å². The Hall–Kier alpha value is -3.48. The number of carbonyl (C=O) groups excluding carboxylic acids is 1. The van der Waals surface area contributed by atoms with Crippen molar-refractivity contribution in [3.63, 3.8) is 0 Å². The summed E-state index contributed by atoms with van der Waals surface area (Å²) in [5, 5.41) is 5.76. The van der Waals surface area contributed by atoms with Gasteiger partial charge in [0.2, 0.25) is 5.88 Å². The van der Waals surface area contributed by atoms with Crippen molar-refractivity contribution < 1.29 is 14.3 Å². The van der Waals surface area contributed by atoms with Gasteiger partial charge in [0.15, 0.2) is 0 Å². The Kier molecular flexibility index (Phi) is 8.18. The molecule has 4 rings (SSSR count). The molecule has 3 aromatic carbocycles. The van der Waals surface area contributed by atoms with Crippen LogP contribution in [0.3, 0.4) is 0 Å². The molecule has 8 heteroatoms. The van der Waals surface area contributed by atoms with Gasteiger partial charge in [-0.1, -0.05) is 48.3 Å². The number of rotatable bonds is 9. The Labute approximate surface area is 221 Å². The van der Waals surface area contributed by atoms with Crippen molar-refractivity contribution in [1.29, 1.82) is 0 Å². The largest absolute Gasteiger partial charge is 0.497 e. The van der Waals surface area contributed by atoms with Gasteiger partial charge in [-0.2, -0.15) is 5.10 Å². The first-order valence-electron chi connectivity index (χ1n) is 11.6. The molecule has 0 bridgehead atoms. The van der Waals surface area contributed by atoms with Crippen molar-refractivity contribution in [2.75, 3.05) is 13.7 Å². The Morgan fingerprint density at radius 1 is 1.00 bits per heavy atom. The average Bonchev–Trinajstić information content (AvgIpc) is 3.18. The molecule has 1 aromatic heterocycles. The van der Waals surface area contributed by atoms with E-state index < -0.39 is 0 Å². The molecule has 4 aromatic rings. The highest BCUT2D eigenvalue weighted by atomic mass is 35.5. The van der Waals surface area contributed by atoms with E-state index in [2.05, 4.69) is 0 Å². The molecule has 0 aliphatic rings. The number of benzene rings is 3.